The molecule has 21 heavy (non-hydrogen) atoms. The molecule has 0 bridgehead atoms. The van der Waals surface area contributed by atoms with Crippen molar-refractivity contribution >= 4 is 11.7 Å². The average molecular weight is 290 g/mol. The fraction of sp³-hybridized carbons (Fsp3) is 0.562. The van der Waals surface area contributed by atoms with Crippen molar-refractivity contribution in [2.45, 2.75) is 25.7 Å². The smallest absolute Gasteiger partial charge is 0.314 e. The first-order valence-electron chi connectivity index (χ1n) is 7.76. The number of piperidine rings is 1. The van der Waals surface area contributed by atoms with Crippen LogP contribution in [0.15, 0.2) is 24.3 Å². The van der Waals surface area contributed by atoms with Crippen LogP contribution in [0.2, 0.25) is 0 Å². The van der Waals surface area contributed by atoms with E-state index in [1.807, 2.05) is 0 Å². The summed E-state index contributed by atoms with van der Waals surface area (Å²) in [7, 11) is 0. The van der Waals surface area contributed by atoms with E-state index in [4.69, 9.17) is 11.5 Å². The molecule has 116 valence electrons. The Morgan fingerprint density at radius 1 is 1.24 bits per heavy atom. The number of hydrogen-bond acceptors (Lipinski definition) is 3. The molecule has 1 aromatic rings. The molecule has 1 aliphatic rings. The lowest BCUT2D eigenvalue weighted by Gasteiger charge is -2.30. The third kappa shape index (κ3) is 4.93. The van der Waals surface area contributed by atoms with Gasteiger partial charge in [0.15, 0.2) is 0 Å². The Bertz CT molecular complexity index is 438. The van der Waals surface area contributed by atoms with Crippen molar-refractivity contribution in [3.63, 3.8) is 0 Å². The number of nitrogens with two attached hydrogens (primary N) is 2. The molecule has 0 unspecified atom stereocenters. The van der Waals surface area contributed by atoms with Crippen LogP contribution in [0.4, 0.5) is 10.5 Å². The highest BCUT2D eigenvalue weighted by Gasteiger charge is 2.20. The standard InChI is InChI=1S/C16H26N4O/c17-9-5-13-1-3-15(4-2-13)19-10-6-14-7-11-20(12-8-14)16(18)21/h1-4,14,19H,5-12,17H2,(H2,18,21). The van der Waals surface area contributed by atoms with Crippen LogP contribution >= 0.6 is 0 Å². The normalized spacial score (nSPS) is 16.0. The summed E-state index contributed by atoms with van der Waals surface area (Å²) in [5.74, 6) is 0.685. The van der Waals surface area contributed by atoms with Crippen LogP contribution in [0.3, 0.4) is 0 Å². The number of benzene rings is 1. The molecule has 0 radical (unpaired) electrons. The maximum Gasteiger partial charge on any atom is 0.314 e. The lowest BCUT2D eigenvalue weighted by atomic mass is 9.94. The zero-order valence-corrected chi connectivity index (χ0v) is 12.6. The SMILES string of the molecule is NCCc1ccc(NCCC2CCN(C(N)=O)CC2)cc1. The molecular formula is C16H26N4O. The van der Waals surface area contributed by atoms with E-state index in [1.54, 1.807) is 4.90 Å². The summed E-state index contributed by atoms with van der Waals surface area (Å²) in [4.78, 5) is 12.8. The molecule has 0 spiro atoms. The van der Waals surface area contributed by atoms with Crippen molar-refractivity contribution in [1.82, 2.24) is 4.90 Å². The molecule has 0 saturated carbocycles. The quantitative estimate of drug-likeness (QED) is 0.746. The molecule has 1 aliphatic heterocycles. The van der Waals surface area contributed by atoms with Gasteiger partial charge < -0.3 is 21.7 Å². The van der Waals surface area contributed by atoms with Gasteiger partial charge in [0, 0.05) is 25.3 Å². The number of amides is 2. The first-order chi connectivity index (χ1) is 10.2. The van der Waals surface area contributed by atoms with E-state index in [1.165, 1.54) is 5.56 Å². The van der Waals surface area contributed by atoms with E-state index < -0.39 is 0 Å². The molecule has 0 aromatic heterocycles. The molecule has 0 atom stereocenters. The molecule has 1 heterocycles. The second-order valence-corrected chi connectivity index (χ2v) is 5.72. The zero-order chi connectivity index (χ0) is 15.1. The fourth-order valence-electron chi connectivity index (χ4n) is 2.82. The monoisotopic (exact) mass is 290 g/mol. The Labute approximate surface area is 126 Å². The fourth-order valence-corrected chi connectivity index (χ4v) is 2.82. The Morgan fingerprint density at radius 2 is 1.90 bits per heavy atom. The first kappa shape index (κ1) is 15.6. The Balaban J connectivity index is 1.66. The molecule has 2 rings (SSSR count). The minimum Gasteiger partial charge on any atom is -0.385 e. The maximum absolute atomic E-state index is 11.1. The Kier molecular flexibility index (Phi) is 5.87. The predicted molar refractivity (Wildman–Crippen MR) is 86.2 cm³/mol. The molecular weight excluding hydrogens is 264 g/mol. The Morgan fingerprint density at radius 3 is 2.48 bits per heavy atom. The van der Waals surface area contributed by atoms with Gasteiger partial charge in [0.2, 0.25) is 0 Å². The van der Waals surface area contributed by atoms with Crippen molar-refractivity contribution in [2.75, 3.05) is 31.5 Å². The zero-order valence-electron chi connectivity index (χ0n) is 12.6. The summed E-state index contributed by atoms with van der Waals surface area (Å²) < 4.78 is 0. The summed E-state index contributed by atoms with van der Waals surface area (Å²) in [6, 6.07) is 8.19. The van der Waals surface area contributed by atoms with Crippen molar-refractivity contribution in [2.24, 2.45) is 17.4 Å². The summed E-state index contributed by atoms with van der Waals surface area (Å²) in [5.41, 5.74) is 13.3. The number of hydrogen-bond donors (Lipinski definition) is 3. The largest absolute Gasteiger partial charge is 0.385 e. The van der Waals surface area contributed by atoms with Crippen molar-refractivity contribution in [3.05, 3.63) is 29.8 Å². The number of primary amides is 1. The van der Waals surface area contributed by atoms with Gasteiger partial charge in [-0.15, -0.1) is 0 Å². The van der Waals surface area contributed by atoms with Gasteiger partial charge in [-0.05, 0) is 55.8 Å². The second-order valence-electron chi connectivity index (χ2n) is 5.72. The van der Waals surface area contributed by atoms with E-state index >= 15 is 0 Å². The van der Waals surface area contributed by atoms with Crippen LogP contribution in [0, 0.1) is 5.92 Å². The van der Waals surface area contributed by atoms with Crippen molar-refractivity contribution in [3.8, 4) is 0 Å². The van der Waals surface area contributed by atoms with Crippen molar-refractivity contribution < 1.29 is 4.79 Å². The van der Waals surface area contributed by atoms with Gasteiger partial charge in [-0.1, -0.05) is 12.1 Å². The van der Waals surface area contributed by atoms with Gasteiger partial charge in [-0.25, -0.2) is 4.79 Å². The van der Waals surface area contributed by atoms with E-state index in [2.05, 4.69) is 29.6 Å². The number of carbonyl (C=O) groups is 1. The molecule has 2 amide bonds. The van der Waals surface area contributed by atoms with Gasteiger partial charge in [0.1, 0.15) is 0 Å². The topological polar surface area (TPSA) is 84.4 Å². The third-order valence-electron chi connectivity index (χ3n) is 4.19. The number of carbonyl (C=O) groups excluding carboxylic acids is 1. The van der Waals surface area contributed by atoms with Crippen molar-refractivity contribution in [1.29, 1.82) is 0 Å². The Hall–Kier alpha value is -1.75. The van der Waals surface area contributed by atoms with Gasteiger partial charge >= 0.3 is 6.03 Å². The van der Waals surface area contributed by atoms with Gasteiger partial charge in [0.05, 0.1) is 0 Å². The lowest BCUT2D eigenvalue weighted by molar-refractivity contribution is 0.177. The highest BCUT2D eigenvalue weighted by atomic mass is 16.2. The maximum atomic E-state index is 11.1. The summed E-state index contributed by atoms with van der Waals surface area (Å²) in [6.45, 7) is 3.26. The van der Waals surface area contributed by atoms with E-state index in [0.717, 1.165) is 51.0 Å². The summed E-state index contributed by atoms with van der Waals surface area (Å²) in [5, 5.41) is 3.46. The molecule has 5 N–H and O–H groups in total. The number of anilines is 1. The average Bonchev–Trinajstić information content (AvgIpc) is 2.50. The van der Waals surface area contributed by atoms with Gasteiger partial charge in [-0.2, -0.15) is 0 Å². The molecule has 1 saturated heterocycles. The van der Waals surface area contributed by atoms with Crippen LogP contribution in [0.5, 0.6) is 0 Å². The predicted octanol–water partition coefficient (Wildman–Crippen LogP) is 1.78. The van der Waals surface area contributed by atoms with Gasteiger partial charge in [-0.3, -0.25) is 0 Å². The van der Waals surface area contributed by atoms with E-state index in [9.17, 15) is 4.79 Å². The number of likely N-dealkylation sites (tertiary alicyclic amines) is 1. The number of nitrogens with zero attached hydrogens (tertiary/aromatic N) is 1. The highest BCUT2D eigenvalue weighted by molar-refractivity contribution is 5.72. The molecule has 1 fully saturated rings. The second kappa shape index (κ2) is 7.88. The summed E-state index contributed by atoms with van der Waals surface area (Å²) >= 11 is 0. The number of nitrogens with one attached hydrogen (secondary N) is 1. The molecule has 1 aromatic carbocycles. The van der Waals surface area contributed by atoms with Crippen LogP contribution < -0.4 is 16.8 Å². The van der Waals surface area contributed by atoms with Gasteiger partial charge in [0.25, 0.3) is 0 Å². The molecule has 5 heteroatoms. The minimum absolute atomic E-state index is 0.288. The number of urea groups is 1. The molecule has 5 nitrogen and oxygen atoms in total. The van der Waals surface area contributed by atoms with Crippen LogP contribution in [0.25, 0.3) is 0 Å². The first-order valence-corrected chi connectivity index (χ1v) is 7.76. The van der Waals surface area contributed by atoms with Crippen LogP contribution in [-0.4, -0.2) is 37.1 Å². The highest BCUT2D eigenvalue weighted by Crippen LogP contribution is 2.20. The molecule has 0 aliphatic carbocycles. The third-order valence-corrected chi connectivity index (χ3v) is 4.19. The van der Waals surface area contributed by atoms with Crippen LogP contribution in [0.1, 0.15) is 24.8 Å². The van der Waals surface area contributed by atoms with E-state index in [0.29, 0.717) is 12.5 Å². The number of rotatable bonds is 6. The summed E-state index contributed by atoms with van der Waals surface area (Å²) in [6.07, 6.45) is 4.18. The minimum atomic E-state index is -0.288. The lowest BCUT2D eigenvalue weighted by Crippen LogP contribution is -2.41. The van der Waals surface area contributed by atoms with Crippen LogP contribution in [-0.2, 0) is 6.42 Å². The van der Waals surface area contributed by atoms with E-state index in [-0.39, 0.29) is 6.03 Å².